The summed E-state index contributed by atoms with van der Waals surface area (Å²) in [5.41, 5.74) is 0.875. The summed E-state index contributed by atoms with van der Waals surface area (Å²) in [6.45, 7) is 7.10. The molecule has 2 aromatic heterocycles. The summed E-state index contributed by atoms with van der Waals surface area (Å²) in [5.74, 6) is 2.18. The SMILES string of the molecule is Cc1cc(NC(=O)CN2CCC[C@H]2c2noc(C(C)C)n2)n(C)n1. The van der Waals surface area contributed by atoms with Crippen LogP contribution in [0.25, 0.3) is 0 Å². The van der Waals surface area contributed by atoms with Gasteiger partial charge in [0.05, 0.1) is 18.3 Å². The zero-order valence-corrected chi connectivity index (χ0v) is 14.6. The number of nitrogens with zero attached hydrogens (tertiary/aromatic N) is 5. The van der Waals surface area contributed by atoms with Crippen molar-refractivity contribution < 1.29 is 9.32 Å². The minimum absolute atomic E-state index is 0.0419. The second-order valence-electron chi connectivity index (χ2n) is 6.62. The Balaban J connectivity index is 1.64. The van der Waals surface area contributed by atoms with Crippen LogP contribution < -0.4 is 5.32 Å². The number of anilines is 1. The molecule has 0 bridgehead atoms. The molecule has 2 aromatic rings. The Labute approximate surface area is 141 Å². The van der Waals surface area contributed by atoms with E-state index in [1.54, 1.807) is 4.68 Å². The summed E-state index contributed by atoms with van der Waals surface area (Å²) in [6, 6.07) is 1.90. The van der Waals surface area contributed by atoms with Crippen molar-refractivity contribution in [1.82, 2.24) is 24.8 Å². The van der Waals surface area contributed by atoms with Crippen LogP contribution in [0.5, 0.6) is 0 Å². The van der Waals surface area contributed by atoms with Gasteiger partial charge in [-0.05, 0) is 26.3 Å². The van der Waals surface area contributed by atoms with Gasteiger partial charge in [-0.3, -0.25) is 14.4 Å². The van der Waals surface area contributed by atoms with Gasteiger partial charge in [-0.1, -0.05) is 19.0 Å². The Kier molecular flexibility index (Phi) is 4.66. The van der Waals surface area contributed by atoms with Crippen LogP contribution in [0.3, 0.4) is 0 Å². The molecule has 0 unspecified atom stereocenters. The fourth-order valence-corrected chi connectivity index (χ4v) is 3.02. The molecule has 130 valence electrons. The lowest BCUT2D eigenvalue weighted by atomic mass is 10.2. The lowest BCUT2D eigenvalue weighted by Crippen LogP contribution is -2.33. The number of likely N-dealkylation sites (tertiary alicyclic amines) is 1. The predicted octanol–water partition coefficient (Wildman–Crippen LogP) is 2.01. The van der Waals surface area contributed by atoms with Crippen LogP contribution in [-0.4, -0.2) is 43.8 Å². The molecule has 0 aliphatic carbocycles. The summed E-state index contributed by atoms with van der Waals surface area (Å²) in [4.78, 5) is 19.0. The number of rotatable bonds is 5. The van der Waals surface area contributed by atoms with Crippen LogP contribution in [0.15, 0.2) is 10.6 Å². The molecule has 0 aromatic carbocycles. The van der Waals surface area contributed by atoms with E-state index >= 15 is 0 Å². The fraction of sp³-hybridized carbons (Fsp3) is 0.625. The quantitative estimate of drug-likeness (QED) is 0.901. The molecule has 8 nitrogen and oxygen atoms in total. The Bertz CT molecular complexity index is 720. The average molecular weight is 332 g/mol. The van der Waals surface area contributed by atoms with E-state index in [-0.39, 0.29) is 17.9 Å². The number of aryl methyl sites for hydroxylation is 2. The molecule has 1 fully saturated rings. The Hall–Kier alpha value is -2.22. The van der Waals surface area contributed by atoms with Gasteiger partial charge in [-0.2, -0.15) is 10.1 Å². The van der Waals surface area contributed by atoms with E-state index in [9.17, 15) is 4.79 Å². The third-order valence-corrected chi connectivity index (χ3v) is 4.23. The van der Waals surface area contributed by atoms with E-state index in [0.717, 1.165) is 25.1 Å². The third-order valence-electron chi connectivity index (χ3n) is 4.23. The lowest BCUT2D eigenvalue weighted by molar-refractivity contribution is -0.117. The maximum absolute atomic E-state index is 12.4. The molecule has 1 aliphatic rings. The molecule has 1 N–H and O–H groups in total. The fourth-order valence-electron chi connectivity index (χ4n) is 3.02. The Morgan fingerprint density at radius 3 is 2.92 bits per heavy atom. The van der Waals surface area contributed by atoms with Gasteiger partial charge in [0.25, 0.3) is 0 Å². The van der Waals surface area contributed by atoms with E-state index in [1.807, 2.05) is 33.9 Å². The largest absolute Gasteiger partial charge is 0.339 e. The van der Waals surface area contributed by atoms with Crippen LogP contribution in [0.1, 0.15) is 56.1 Å². The van der Waals surface area contributed by atoms with Gasteiger partial charge >= 0.3 is 0 Å². The van der Waals surface area contributed by atoms with Gasteiger partial charge in [-0.15, -0.1) is 0 Å². The van der Waals surface area contributed by atoms with Crippen LogP contribution in [0.4, 0.5) is 5.82 Å². The van der Waals surface area contributed by atoms with Crippen molar-refractivity contribution in [3.63, 3.8) is 0 Å². The van der Waals surface area contributed by atoms with Crippen LogP contribution in [-0.2, 0) is 11.8 Å². The second-order valence-corrected chi connectivity index (χ2v) is 6.62. The molecule has 0 radical (unpaired) electrons. The summed E-state index contributed by atoms with van der Waals surface area (Å²) in [5, 5.41) is 11.2. The highest BCUT2D eigenvalue weighted by Gasteiger charge is 2.31. The summed E-state index contributed by atoms with van der Waals surface area (Å²) in [7, 11) is 1.81. The van der Waals surface area contributed by atoms with Crippen molar-refractivity contribution in [2.75, 3.05) is 18.4 Å². The Morgan fingerprint density at radius 1 is 1.50 bits per heavy atom. The molecule has 1 amide bonds. The Morgan fingerprint density at radius 2 is 2.29 bits per heavy atom. The predicted molar refractivity (Wildman–Crippen MR) is 88.5 cm³/mol. The molecule has 3 rings (SSSR count). The first-order chi connectivity index (χ1) is 11.4. The van der Waals surface area contributed by atoms with Crippen LogP contribution >= 0.6 is 0 Å². The maximum atomic E-state index is 12.4. The van der Waals surface area contributed by atoms with Gasteiger partial charge in [0.15, 0.2) is 5.82 Å². The average Bonchev–Trinajstić information content (AvgIpc) is 3.19. The van der Waals surface area contributed by atoms with Gasteiger partial charge in [0.1, 0.15) is 5.82 Å². The molecule has 8 heteroatoms. The first kappa shape index (κ1) is 16.6. The standard InChI is InChI=1S/C16H24N6O2/c1-10(2)16-18-15(20-24-16)12-6-5-7-22(12)9-14(23)17-13-8-11(3)19-21(13)4/h8,10,12H,5-7,9H2,1-4H3,(H,17,23)/t12-/m0/s1. The minimum Gasteiger partial charge on any atom is -0.339 e. The molecule has 1 saturated heterocycles. The van der Waals surface area contributed by atoms with Gasteiger partial charge in [0.2, 0.25) is 11.8 Å². The minimum atomic E-state index is -0.0579. The number of amides is 1. The molecule has 3 heterocycles. The molecular formula is C16H24N6O2. The van der Waals surface area contributed by atoms with E-state index in [4.69, 9.17) is 4.52 Å². The highest BCUT2D eigenvalue weighted by molar-refractivity contribution is 5.91. The number of carbonyl (C=O) groups excluding carboxylic acids is 1. The zero-order chi connectivity index (χ0) is 17.3. The van der Waals surface area contributed by atoms with E-state index in [0.29, 0.717) is 24.1 Å². The van der Waals surface area contributed by atoms with E-state index in [1.165, 1.54) is 0 Å². The van der Waals surface area contributed by atoms with E-state index < -0.39 is 0 Å². The van der Waals surface area contributed by atoms with Gasteiger partial charge in [0, 0.05) is 19.0 Å². The topological polar surface area (TPSA) is 89.1 Å². The number of hydrogen-bond donors (Lipinski definition) is 1. The van der Waals surface area contributed by atoms with Gasteiger partial charge in [-0.25, -0.2) is 0 Å². The molecule has 0 saturated carbocycles. The molecule has 1 atom stereocenters. The smallest absolute Gasteiger partial charge is 0.239 e. The third kappa shape index (κ3) is 3.48. The lowest BCUT2D eigenvalue weighted by Gasteiger charge is -2.21. The first-order valence-electron chi connectivity index (χ1n) is 8.32. The summed E-state index contributed by atoms with van der Waals surface area (Å²) < 4.78 is 6.98. The highest BCUT2D eigenvalue weighted by atomic mass is 16.5. The molecule has 24 heavy (non-hydrogen) atoms. The van der Waals surface area contributed by atoms with Crippen LogP contribution in [0.2, 0.25) is 0 Å². The number of nitrogens with one attached hydrogen (secondary N) is 1. The summed E-state index contributed by atoms with van der Waals surface area (Å²) >= 11 is 0. The van der Waals surface area contributed by atoms with Crippen molar-refractivity contribution in [2.45, 2.75) is 45.6 Å². The molecular weight excluding hydrogens is 308 g/mol. The molecule has 1 aliphatic heterocycles. The van der Waals surface area contributed by atoms with Crippen LogP contribution in [0, 0.1) is 6.92 Å². The number of carbonyl (C=O) groups is 1. The van der Waals surface area contributed by atoms with E-state index in [2.05, 4.69) is 25.5 Å². The molecule has 0 spiro atoms. The number of hydrogen-bond acceptors (Lipinski definition) is 6. The maximum Gasteiger partial charge on any atom is 0.239 e. The number of aromatic nitrogens is 4. The van der Waals surface area contributed by atoms with Crippen molar-refractivity contribution in [2.24, 2.45) is 7.05 Å². The normalized spacial score (nSPS) is 18.5. The highest BCUT2D eigenvalue weighted by Crippen LogP contribution is 2.30. The monoisotopic (exact) mass is 332 g/mol. The van der Waals surface area contributed by atoms with Gasteiger partial charge < -0.3 is 9.84 Å². The van der Waals surface area contributed by atoms with Crippen molar-refractivity contribution >= 4 is 11.7 Å². The first-order valence-corrected chi connectivity index (χ1v) is 8.32. The van der Waals surface area contributed by atoms with Crippen molar-refractivity contribution in [3.05, 3.63) is 23.5 Å². The zero-order valence-electron chi connectivity index (χ0n) is 14.6. The van der Waals surface area contributed by atoms with Crippen molar-refractivity contribution in [3.8, 4) is 0 Å². The summed E-state index contributed by atoms with van der Waals surface area (Å²) in [6.07, 6.45) is 1.96. The van der Waals surface area contributed by atoms with Crippen molar-refractivity contribution in [1.29, 1.82) is 0 Å². The second kappa shape index (κ2) is 6.72.